The first-order valence-corrected chi connectivity index (χ1v) is 7.91. The van der Waals surface area contributed by atoms with Gasteiger partial charge in [0, 0.05) is 10.0 Å². The first-order valence-electron chi connectivity index (χ1n) is 7.11. The number of carbonyl (C=O) groups excluding carboxylic acids is 1. The Bertz CT molecular complexity index is 745. The smallest absolute Gasteiger partial charge is 0.416 e. The highest BCUT2D eigenvalue weighted by atomic mass is 79.9. The minimum Gasteiger partial charge on any atom is -0.489 e. The van der Waals surface area contributed by atoms with Crippen LogP contribution in [0.1, 0.15) is 29.8 Å². The molecule has 0 saturated carbocycles. The summed E-state index contributed by atoms with van der Waals surface area (Å²) in [7, 11) is 0. The maximum Gasteiger partial charge on any atom is 0.416 e. The second kappa shape index (κ2) is 7.25. The Morgan fingerprint density at radius 3 is 2.46 bits per heavy atom. The van der Waals surface area contributed by atoms with Crippen LogP contribution in [0.2, 0.25) is 0 Å². The Hall–Kier alpha value is -2.02. The molecule has 2 aromatic carbocycles. The van der Waals surface area contributed by atoms with Crippen LogP contribution >= 0.6 is 15.9 Å². The molecule has 0 atom stereocenters. The Morgan fingerprint density at radius 2 is 1.88 bits per heavy atom. The third kappa shape index (κ3) is 4.74. The SMILES string of the molecule is CC(C)Oc1ccc(C(F)(F)F)cc1NC(=O)c1cccc(Br)c1. The van der Waals surface area contributed by atoms with Gasteiger partial charge in [0.05, 0.1) is 17.4 Å². The van der Waals surface area contributed by atoms with E-state index in [-0.39, 0.29) is 17.5 Å². The summed E-state index contributed by atoms with van der Waals surface area (Å²) in [5.74, 6) is -0.342. The van der Waals surface area contributed by atoms with Gasteiger partial charge in [0.25, 0.3) is 5.91 Å². The molecule has 0 fully saturated rings. The quantitative estimate of drug-likeness (QED) is 0.733. The Balaban J connectivity index is 2.36. The molecule has 0 saturated heterocycles. The lowest BCUT2D eigenvalue weighted by Gasteiger charge is -2.17. The molecule has 0 aliphatic heterocycles. The molecule has 128 valence electrons. The largest absolute Gasteiger partial charge is 0.489 e. The van der Waals surface area contributed by atoms with Crippen molar-refractivity contribution < 1.29 is 22.7 Å². The molecule has 2 aromatic rings. The zero-order valence-corrected chi connectivity index (χ0v) is 14.5. The highest BCUT2D eigenvalue weighted by Crippen LogP contribution is 2.35. The second-order valence-corrected chi connectivity index (χ2v) is 6.26. The van der Waals surface area contributed by atoms with Crippen molar-refractivity contribution >= 4 is 27.5 Å². The summed E-state index contributed by atoms with van der Waals surface area (Å²) in [4.78, 5) is 12.3. The number of hydrogen-bond acceptors (Lipinski definition) is 2. The number of nitrogens with one attached hydrogen (secondary N) is 1. The summed E-state index contributed by atoms with van der Waals surface area (Å²) in [6.07, 6.45) is -4.76. The van der Waals surface area contributed by atoms with Gasteiger partial charge in [-0.25, -0.2) is 0 Å². The van der Waals surface area contributed by atoms with E-state index in [1.54, 1.807) is 38.1 Å². The van der Waals surface area contributed by atoms with E-state index in [4.69, 9.17) is 4.74 Å². The van der Waals surface area contributed by atoms with Crippen molar-refractivity contribution in [3.05, 3.63) is 58.1 Å². The molecule has 0 bridgehead atoms. The van der Waals surface area contributed by atoms with E-state index in [0.29, 0.717) is 10.0 Å². The van der Waals surface area contributed by atoms with Gasteiger partial charge in [-0.15, -0.1) is 0 Å². The summed E-state index contributed by atoms with van der Waals surface area (Å²) in [6.45, 7) is 3.50. The molecule has 1 amide bonds. The molecular weight excluding hydrogens is 387 g/mol. The summed E-state index contributed by atoms with van der Waals surface area (Å²) >= 11 is 3.25. The van der Waals surface area contributed by atoms with Gasteiger partial charge in [-0.3, -0.25) is 4.79 Å². The maximum absolute atomic E-state index is 12.9. The van der Waals surface area contributed by atoms with Gasteiger partial charge in [0.2, 0.25) is 0 Å². The fourth-order valence-corrected chi connectivity index (χ4v) is 2.38. The molecule has 0 aromatic heterocycles. The van der Waals surface area contributed by atoms with Crippen molar-refractivity contribution in [1.29, 1.82) is 0 Å². The van der Waals surface area contributed by atoms with Crippen LogP contribution in [0.25, 0.3) is 0 Å². The minimum atomic E-state index is -4.51. The lowest BCUT2D eigenvalue weighted by atomic mass is 10.1. The molecule has 0 heterocycles. The average molecular weight is 402 g/mol. The first kappa shape index (κ1) is 18.3. The van der Waals surface area contributed by atoms with Gasteiger partial charge in [0.1, 0.15) is 5.75 Å². The highest BCUT2D eigenvalue weighted by molar-refractivity contribution is 9.10. The van der Waals surface area contributed by atoms with E-state index in [1.165, 1.54) is 6.07 Å². The van der Waals surface area contributed by atoms with Gasteiger partial charge >= 0.3 is 6.18 Å². The third-order valence-electron chi connectivity index (χ3n) is 3.00. The molecule has 0 unspecified atom stereocenters. The maximum atomic E-state index is 12.9. The topological polar surface area (TPSA) is 38.3 Å². The fraction of sp³-hybridized carbons (Fsp3) is 0.235. The molecule has 0 radical (unpaired) electrons. The number of halogens is 4. The van der Waals surface area contributed by atoms with Crippen molar-refractivity contribution in [3.8, 4) is 5.75 Å². The van der Waals surface area contributed by atoms with Crippen LogP contribution in [0, 0.1) is 0 Å². The molecule has 1 N–H and O–H groups in total. The zero-order valence-electron chi connectivity index (χ0n) is 12.9. The van der Waals surface area contributed by atoms with E-state index in [1.807, 2.05) is 0 Å². The van der Waals surface area contributed by atoms with Crippen LogP contribution in [0.15, 0.2) is 46.9 Å². The molecule has 24 heavy (non-hydrogen) atoms. The van der Waals surface area contributed by atoms with Gasteiger partial charge in [0.15, 0.2) is 0 Å². The second-order valence-electron chi connectivity index (χ2n) is 5.34. The minimum absolute atomic E-state index is 0.0245. The molecule has 0 aliphatic rings. The number of rotatable bonds is 4. The molecule has 2 rings (SSSR count). The number of ether oxygens (including phenoxy) is 1. The number of amides is 1. The summed E-state index contributed by atoms with van der Waals surface area (Å²) < 4.78 is 44.9. The Kier molecular flexibility index (Phi) is 5.54. The Labute approximate surface area is 146 Å². The summed E-state index contributed by atoms with van der Waals surface area (Å²) in [5, 5.41) is 2.49. The van der Waals surface area contributed by atoms with Gasteiger partial charge in [-0.1, -0.05) is 22.0 Å². The van der Waals surface area contributed by atoms with Crippen molar-refractivity contribution in [2.75, 3.05) is 5.32 Å². The van der Waals surface area contributed by atoms with Gasteiger partial charge in [-0.05, 0) is 50.2 Å². The van der Waals surface area contributed by atoms with Crippen molar-refractivity contribution in [1.82, 2.24) is 0 Å². The van der Waals surface area contributed by atoms with Crippen LogP contribution < -0.4 is 10.1 Å². The van der Waals surface area contributed by atoms with Crippen LogP contribution in [0.5, 0.6) is 5.75 Å². The van der Waals surface area contributed by atoms with Gasteiger partial charge in [-0.2, -0.15) is 13.2 Å². The van der Waals surface area contributed by atoms with E-state index in [9.17, 15) is 18.0 Å². The number of carbonyl (C=O) groups is 1. The monoisotopic (exact) mass is 401 g/mol. The normalized spacial score (nSPS) is 11.5. The zero-order chi connectivity index (χ0) is 17.9. The Morgan fingerprint density at radius 1 is 1.17 bits per heavy atom. The molecule has 0 aliphatic carbocycles. The van der Waals surface area contributed by atoms with E-state index < -0.39 is 17.6 Å². The lowest BCUT2D eigenvalue weighted by Crippen LogP contribution is -2.16. The molecule has 0 spiro atoms. The van der Waals surface area contributed by atoms with Crippen molar-refractivity contribution in [3.63, 3.8) is 0 Å². The predicted molar refractivity (Wildman–Crippen MR) is 89.3 cm³/mol. The first-order chi connectivity index (χ1) is 11.2. The van der Waals surface area contributed by atoms with Crippen molar-refractivity contribution in [2.24, 2.45) is 0 Å². The van der Waals surface area contributed by atoms with Gasteiger partial charge < -0.3 is 10.1 Å². The predicted octanol–water partition coefficient (Wildman–Crippen LogP) is 5.51. The third-order valence-corrected chi connectivity index (χ3v) is 3.50. The standard InChI is InChI=1S/C17H15BrF3NO2/c1-10(2)24-15-7-6-12(17(19,20)21)9-14(15)22-16(23)11-4-3-5-13(18)8-11/h3-10H,1-2H3,(H,22,23). The van der Waals surface area contributed by atoms with E-state index in [2.05, 4.69) is 21.2 Å². The number of alkyl halides is 3. The van der Waals surface area contributed by atoms with Crippen molar-refractivity contribution in [2.45, 2.75) is 26.1 Å². The summed E-state index contributed by atoms with van der Waals surface area (Å²) in [5.41, 5.74) is -0.566. The van der Waals surface area contributed by atoms with E-state index in [0.717, 1.165) is 12.1 Å². The number of benzene rings is 2. The van der Waals surface area contributed by atoms with Crippen LogP contribution in [-0.2, 0) is 6.18 Å². The molecular formula is C17H15BrF3NO2. The lowest BCUT2D eigenvalue weighted by molar-refractivity contribution is -0.137. The van der Waals surface area contributed by atoms with Crippen LogP contribution in [0.4, 0.5) is 18.9 Å². The number of anilines is 1. The van der Waals surface area contributed by atoms with Crippen LogP contribution in [-0.4, -0.2) is 12.0 Å². The fourth-order valence-electron chi connectivity index (χ4n) is 1.98. The average Bonchev–Trinajstić information content (AvgIpc) is 2.47. The van der Waals surface area contributed by atoms with E-state index >= 15 is 0 Å². The van der Waals surface area contributed by atoms with Crippen LogP contribution in [0.3, 0.4) is 0 Å². The molecule has 3 nitrogen and oxygen atoms in total. The number of hydrogen-bond donors (Lipinski definition) is 1. The highest BCUT2D eigenvalue weighted by Gasteiger charge is 2.31. The molecule has 7 heteroatoms. The summed E-state index contributed by atoms with van der Waals surface area (Å²) in [6, 6.07) is 9.55.